The molecule has 160 valence electrons. The molecule has 0 unspecified atom stereocenters. The lowest BCUT2D eigenvalue weighted by atomic mass is 10.1. The first-order valence-electron chi connectivity index (χ1n) is 10.5. The Balaban J connectivity index is 1.62. The maximum atomic E-state index is 6.57. The number of nitrogen functional groups attached to an aromatic ring is 1. The zero-order valence-corrected chi connectivity index (χ0v) is 19.6. The highest BCUT2D eigenvalue weighted by atomic mass is 28.4. The van der Waals surface area contributed by atoms with Crippen LogP contribution in [0.5, 0.6) is 0 Å². The van der Waals surface area contributed by atoms with Crippen molar-refractivity contribution >= 4 is 25.2 Å². The second kappa shape index (κ2) is 6.77. The molecule has 0 spiro atoms. The standard InChI is InChI=1S/C21H34N4O3Si/c1-20(2,3)29(6,7)26-11-13-10-15(17-16(13)27-21(4,5)28-17)25-9-8-14-18(22)23-12-24-19(14)25/h8-9,12-13,15-17H,10-11H2,1-7H3,(H2,22,23,24)/t13-,15-,16-,17+/m1/s1. The Morgan fingerprint density at radius 2 is 1.93 bits per heavy atom. The van der Waals surface area contributed by atoms with E-state index in [0.29, 0.717) is 12.4 Å². The van der Waals surface area contributed by atoms with Crippen LogP contribution < -0.4 is 5.73 Å². The van der Waals surface area contributed by atoms with Crippen LogP contribution in [-0.2, 0) is 13.9 Å². The van der Waals surface area contributed by atoms with Crippen molar-refractivity contribution in [3.05, 3.63) is 18.6 Å². The molecule has 2 aromatic heterocycles. The summed E-state index contributed by atoms with van der Waals surface area (Å²) in [6, 6.07) is 2.11. The van der Waals surface area contributed by atoms with E-state index >= 15 is 0 Å². The highest BCUT2D eigenvalue weighted by Crippen LogP contribution is 2.48. The lowest BCUT2D eigenvalue weighted by molar-refractivity contribution is -0.161. The molecule has 2 aromatic rings. The van der Waals surface area contributed by atoms with E-state index in [-0.39, 0.29) is 29.2 Å². The van der Waals surface area contributed by atoms with Crippen LogP contribution in [0.2, 0.25) is 18.1 Å². The van der Waals surface area contributed by atoms with E-state index in [1.807, 2.05) is 26.1 Å². The molecular weight excluding hydrogens is 384 g/mol. The van der Waals surface area contributed by atoms with Crippen LogP contribution in [-0.4, -0.2) is 47.5 Å². The third kappa shape index (κ3) is 3.60. The highest BCUT2D eigenvalue weighted by Gasteiger charge is 2.55. The van der Waals surface area contributed by atoms with Gasteiger partial charge in [0.15, 0.2) is 14.1 Å². The van der Waals surface area contributed by atoms with E-state index < -0.39 is 14.1 Å². The van der Waals surface area contributed by atoms with Crippen LogP contribution in [0.4, 0.5) is 5.82 Å². The summed E-state index contributed by atoms with van der Waals surface area (Å²) in [6.45, 7) is 16.1. The fourth-order valence-corrected chi connectivity index (χ4v) is 5.35. The number of hydrogen-bond acceptors (Lipinski definition) is 6. The molecule has 2 N–H and O–H groups in total. The summed E-state index contributed by atoms with van der Waals surface area (Å²) in [6.07, 6.45) is 4.46. The number of hydrogen-bond donors (Lipinski definition) is 1. The number of aromatic nitrogens is 3. The van der Waals surface area contributed by atoms with E-state index in [2.05, 4.69) is 48.4 Å². The summed E-state index contributed by atoms with van der Waals surface area (Å²) in [5, 5.41) is 1.06. The first-order chi connectivity index (χ1) is 13.4. The molecule has 1 saturated carbocycles. The van der Waals surface area contributed by atoms with Crippen molar-refractivity contribution in [2.75, 3.05) is 12.3 Å². The van der Waals surface area contributed by atoms with Crippen LogP contribution in [0.1, 0.15) is 47.1 Å². The Labute approximate surface area is 174 Å². The third-order valence-corrected chi connectivity index (χ3v) is 11.4. The molecule has 0 bridgehead atoms. The topological polar surface area (TPSA) is 84.4 Å². The summed E-state index contributed by atoms with van der Waals surface area (Å²) >= 11 is 0. The third-order valence-electron chi connectivity index (χ3n) is 6.91. The van der Waals surface area contributed by atoms with Gasteiger partial charge >= 0.3 is 0 Å². The Morgan fingerprint density at radius 3 is 2.62 bits per heavy atom. The largest absolute Gasteiger partial charge is 0.416 e. The molecule has 2 fully saturated rings. The molecule has 8 heteroatoms. The average Bonchev–Trinajstić information content (AvgIpc) is 3.24. The zero-order valence-electron chi connectivity index (χ0n) is 18.6. The second-order valence-electron chi connectivity index (χ2n) is 10.4. The summed E-state index contributed by atoms with van der Waals surface area (Å²) in [5.41, 5.74) is 6.89. The Hall–Kier alpha value is -1.48. The molecule has 0 amide bonds. The SMILES string of the molecule is CC1(C)O[C@@H]2[C@@H](CO[Si](C)(C)C(C)(C)C)C[C@@H](n3ccc4c(N)ncnc43)[C@@H]2O1. The van der Waals surface area contributed by atoms with Gasteiger partial charge in [-0.1, -0.05) is 20.8 Å². The molecular formula is C21H34N4O3Si. The van der Waals surface area contributed by atoms with Crippen LogP contribution in [0.3, 0.4) is 0 Å². The van der Waals surface area contributed by atoms with Crippen molar-refractivity contribution in [3.8, 4) is 0 Å². The lowest BCUT2D eigenvalue weighted by Crippen LogP contribution is -2.43. The Kier molecular flexibility index (Phi) is 4.85. The van der Waals surface area contributed by atoms with Gasteiger partial charge in [0.25, 0.3) is 0 Å². The maximum Gasteiger partial charge on any atom is 0.191 e. The van der Waals surface area contributed by atoms with Crippen LogP contribution in [0, 0.1) is 5.92 Å². The summed E-state index contributed by atoms with van der Waals surface area (Å²) in [4.78, 5) is 8.60. The molecule has 4 atom stereocenters. The molecule has 0 radical (unpaired) electrons. The van der Waals surface area contributed by atoms with E-state index in [0.717, 1.165) is 17.5 Å². The molecule has 2 aliphatic rings. The number of fused-ring (bicyclic) bond motifs is 2. The number of anilines is 1. The van der Waals surface area contributed by atoms with Gasteiger partial charge in [0.05, 0.1) is 17.5 Å². The molecule has 1 saturated heterocycles. The highest BCUT2D eigenvalue weighted by molar-refractivity contribution is 6.74. The van der Waals surface area contributed by atoms with Crippen molar-refractivity contribution in [2.45, 2.75) is 83.2 Å². The van der Waals surface area contributed by atoms with Gasteiger partial charge < -0.3 is 24.2 Å². The van der Waals surface area contributed by atoms with Gasteiger partial charge in [0.1, 0.15) is 23.9 Å². The first kappa shape index (κ1) is 20.8. The van der Waals surface area contributed by atoms with E-state index in [9.17, 15) is 0 Å². The number of ether oxygens (including phenoxy) is 2. The molecule has 3 heterocycles. The molecule has 7 nitrogen and oxygen atoms in total. The van der Waals surface area contributed by atoms with Gasteiger partial charge in [-0.3, -0.25) is 0 Å². The minimum Gasteiger partial charge on any atom is -0.416 e. The summed E-state index contributed by atoms with van der Waals surface area (Å²) < 4.78 is 21.5. The van der Waals surface area contributed by atoms with Crippen molar-refractivity contribution in [1.82, 2.24) is 14.5 Å². The summed E-state index contributed by atoms with van der Waals surface area (Å²) in [5.74, 6) is 0.183. The van der Waals surface area contributed by atoms with Gasteiger partial charge in [0, 0.05) is 18.7 Å². The minimum absolute atomic E-state index is 0.0106. The fraction of sp³-hybridized carbons (Fsp3) is 0.714. The molecule has 1 aliphatic carbocycles. The zero-order chi connectivity index (χ0) is 21.2. The van der Waals surface area contributed by atoms with Crippen molar-refractivity contribution in [1.29, 1.82) is 0 Å². The van der Waals surface area contributed by atoms with Gasteiger partial charge in [-0.2, -0.15) is 0 Å². The van der Waals surface area contributed by atoms with Crippen molar-refractivity contribution in [3.63, 3.8) is 0 Å². The van der Waals surface area contributed by atoms with Crippen molar-refractivity contribution < 1.29 is 13.9 Å². The van der Waals surface area contributed by atoms with Crippen LogP contribution in [0.25, 0.3) is 11.0 Å². The molecule has 4 rings (SSSR count). The average molecular weight is 419 g/mol. The quantitative estimate of drug-likeness (QED) is 0.752. The summed E-state index contributed by atoms with van der Waals surface area (Å²) in [7, 11) is -1.83. The normalized spacial score (nSPS) is 29.5. The predicted octanol–water partition coefficient (Wildman–Crippen LogP) is 4.12. The van der Waals surface area contributed by atoms with E-state index in [1.165, 1.54) is 6.33 Å². The van der Waals surface area contributed by atoms with E-state index in [1.54, 1.807) is 0 Å². The second-order valence-corrected chi connectivity index (χ2v) is 15.2. The van der Waals surface area contributed by atoms with E-state index in [4.69, 9.17) is 19.6 Å². The molecule has 29 heavy (non-hydrogen) atoms. The van der Waals surface area contributed by atoms with Gasteiger partial charge in [-0.05, 0) is 44.5 Å². The molecule has 0 aromatic carbocycles. The predicted molar refractivity (Wildman–Crippen MR) is 116 cm³/mol. The smallest absolute Gasteiger partial charge is 0.191 e. The van der Waals surface area contributed by atoms with Crippen molar-refractivity contribution in [2.24, 2.45) is 5.92 Å². The minimum atomic E-state index is -1.83. The first-order valence-corrected chi connectivity index (χ1v) is 13.4. The monoisotopic (exact) mass is 418 g/mol. The Morgan fingerprint density at radius 1 is 1.24 bits per heavy atom. The van der Waals surface area contributed by atoms with Gasteiger partial charge in [-0.25, -0.2) is 9.97 Å². The number of rotatable bonds is 4. The Bertz CT molecular complexity index is 905. The van der Waals surface area contributed by atoms with Crippen LogP contribution in [0.15, 0.2) is 18.6 Å². The van der Waals surface area contributed by atoms with Crippen LogP contribution >= 0.6 is 0 Å². The molecule has 1 aliphatic heterocycles. The lowest BCUT2D eigenvalue weighted by Gasteiger charge is -2.37. The number of nitrogens with two attached hydrogens (primary N) is 1. The fourth-order valence-electron chi connectivity index (χ4n) is 4.28. The maximum absolute atomic E-state index is 6.57. The number of nitrogens with zero attached hydrogens (tertiary/aromatic N) is 3. The van der Waals surface area contributed by atoms with Gasteiger partial charge in [0.2, 0.25) is 0 Å². The van der Waals surface area contributed by atoms with Gasteiger partial charge in [-0.15, -0.1) is 0 Å².